The van der Waals surface area contributed by atoms with Gasteiger partial charge in [0.2, 0.25) is 0 Å². The molecule has 0 aliphatic carbocycles. The van der Waals surface area contributed by atoms with Gasteiger partial charge >= 0.3 is 0 Å². The molecule has 0 radical (unpaired) electrons. The molecule has 1 saturated heterocycles. The van der Waals surface area contributed by atoms with Crippen molar-refractivity contribution < 1.29 is 4.74 Å². The van der Waals surface area contributed by atoms with Gasteiger partial charge in [0, 0.05) is 45.2 Å². The summed E-state index contributed by atoms with van der Waals surface area (Å²) in [5, 5.41) is 0. The summed E-state index contributed by atoms with van der Waals surface area (Å²) in [6.45, 7) is 10.1. The molecule has 1 atom stereocenters. The molecule has 0 saturated carbocycles. The van der Waals surface area contributed by atoms with Crippen molar-refractivity contribution in [3.63, 3.8) is 0 Å². The topological polar surface area (TPSA) is 15.7 Å². The molecule has 1 unspecified atom stereocenters. The molecule has 0 aromatic carbocycles. The zero-order chi connectivity index (χ0) is 10.6. The molecule has 3 nitrogen and oxygen atoms in total. The number of likely N-dealkylation sites (N-methyl/N-ethyl adjacent to an activating group) is 1. The first-order valence-corrected chi connectivity index (χ1v) is 5.55. The maximum Gasteiger partial charge on any atom is 0.0515 e. The molecule has 1 aliphatic rings. The molecular weight excluding hydrogens is 176 g/mol. The van der Waals surface area contributed by atoms with Gasteiger partial charge in [0.15, 0.2) is 0 Å². The summed E-state index contributed by atoms with van der Waals surface area (Å²) >= 11 is 0. The summed E-state index contributed by atoms with van der Waals surface area (Å²) in [4.78, 5) is 4.96. The lowest BCUT2D eigenvalue weighted by Crippen LogP contribution is -2.36. The van der Waals surface area contributed by atoms with Gasteiger partial charge in [0.1, 0.15) is 0 Å². The quantitative estimate of drug-likeness (QED) is 0.673. The van der Waals surface area contributed by atoms with E-state index in [9.17, 15) is 0 Å². The van der Waals surface area contributed by atoms with Crippen molar-refractivity contribution in [2.45, 2.75) is 19.9 Å². The van der Waals surface area contributed by atoms with E-state index in [-0.39, 0.29) is 0 Å². The van der Waals surface area contributed by atoms with E-state index in [2.05, 4.69) is 30.7 Å². The molecule has 0 N–H and O–H groups in total. The zero-order valence-corrected chi connectivity index (χ0v) is 9.99. The lowest BCUT2D eigenvalue weighted by atomic mass is 10.1. The molecule has 1 aliphatic heterocycles. The first-order chi connectivity index (χ1) is 6.63. The Bertz CT molecular complexity index is 161. The Labute approximate surface area is 88.0 Å². The van der Waals surface area contributed by atoms with Gasteiger partial charge < -0.3 is 9.64 Å². The number of ether oxygens (including phenoxy) is 1. The third kappa shape index (κ3) is 3.56. The molecule has 0 amide bonds. The molecule has 84 valence electrons. The Morgan fingerprint density at radius 3 is 2.57 bits per heavy atom. The number of hydrogen-bond donors (Lipinski definition) is 0. The molecule has 14 heavy (non-hydrogen) atoms. The van der Waals surface area contributed by atoms with Crippen LogP contribution in [0.5, 0.6) is 0 Å². The van der Waals surface area contributed by atoms with Gasteiger partial charge in [-0.3, -0.25) is 4.90 Å². The van der Waals surface area contributed by atoms with Crippen LogP contribution in [0.4, 0.5) is 0 Å². The molecule has 1 fully saturated rings. The molecule has 0 aromatic rings. The second-order valence-corrected chi connectivity index (χ2v) is 4.67. The molecule has 1 heterocycles. The van der Waals surface area contributed by atoms with Gasteiger partial charge in [-0.1, -0.05) is 0 Å². The van der Waals surface area contributed by atoms with Crippen LogP contribution >= 0.6 is 0 Å². The monoisotopic (exact) mass is 200 g/mol. The Morgan fingerprint density at radius 1 is 1.29 bits per heavy atom. The number of nitrogens with zero attached hydrogens (tertiary/aromatic N) is 2. The van der Waals surface area contributed by atoms with E-state index in [1.54, 1.807) is 7.11 Å². The zero-order valence-electron chi connectivity index (χ0n) is 9.99. The molecule has 3 heteroatoms. The Morgan fingerprint density at radius 2 is 2.00 bits per heavy atom. The predicted octanol–water partition coefficient (Wildman–Crippen LogP) is 0.905. The van der Waals surface area contributed by atoms with E-state index in [1.807, 2.05) is 0 Å². The van der Waals surface area contributed by atoms with Crippen molar-refractivity contribution in [3.8, 4) is 0 Å². The highest BCUT2D eigenvalue weighted by Gasteiger charge is 2.21. The molecular formula is C11H24N2O. The van der Waals surface area contributed by atoms with Crippen LogP contribution < -0.4 is 0 Å². The summed E-state index contributed by atoms with van der Waals surface area (Å²) in [6.07, 6.45) is 0. The summed E-state index contributed by atoms with van der Waals surface area (Å²) in [5.41, 5.74) is 0. The van der Waals surface area contributed by atoms with Gasteiger partial charge in [-0.25, -0.2) is 0 Å². The fraction of sp³-hybridized carbons (Fsp3) is 1.00. The Balaban J connectivity index is 2.50. The minimum Gasteiger partial charge on any atom is -0.384 e. The molecule has 1 rings (SSSR count). The highest BCUT2D eigenvalue weighted by molar-refractivity contribution is 4.76. The van der Waals surface area contributed by atoms with Crippen LogP contribution in [-0.4, -0.2) is 62.8 Å². The van der Waals surface area contributed by atoms with Crippen LogP contribution in [0.15, 0.2) is 0 Å². The van der Waals surface area contributed by atoms with Crippen molar-refractivity contribution >= 4 is 0 Å². The summed E-state index contributed by atoms with van der Waals surface area (Å²) < 4.78 is 5.26. The van der Waals surface area contributed by atoms with E-state index in [4.69, 9.17) is 4.74 Å². The minimum atomic E-state index is 0.654. The standard InChI is InChI=1S/C11H24N2O/c1-10(2)13-6-5-12(3)7-11(8-13)9-14-4/h10-11H,5-9H2,1-4H3. The van der Waals surface area contributed by atoms with Crippen LogP contribution in [0.25, 0.3) is 0 Å². The van der Waals surface area contributed by atoms with Crippen molar-refractivity contribution in [1.82, 2.24) is 9.80 Å². The van der Waals surface area contributed by atoms with Crippen LogP contribution in [0.1, 0.15) is 13.8 Å². The second kappa shape index (κ2) is 5.69. The second-order valence-electron chi connectivity index (χ2n) is 4.67. The summed E-state index contributed by atoms with van der Waals surface area (Å²) in [5.74, 6) is 0.662. The van der Waals surface area contributed by atoms with Gasteiger partial charge in [-0.15, -0.1) is 0 Å². The van der Waals surface area contributed by atoms with Gasteiger partial charge in [-0.05, 0) is 20.9 Å². The van der Waals surface area contributed by atoms with Gasteiger partial charge in [-0.2, -0.15) is 0 Å². The van der Waals surface area contributed by atoms with E-state index >= 15 is 0 Å². The smallest absolute Gasteiger partial charge is 0.0515 e. The van der Waals surface area contributed by atoms with Crippen molar-refractivity contribution in [3.05, 3.63) is 0 Å². The van der Waals surface area contributed by atoms with E-state index in [1.165, 1.54) is 19.6 Å². The lowest BCUT2D eigenvalue weighted by molar-refractivity contribution is 0.115. The number of rotatable bonds is 3. The Kier molecular flexibility index (Phi) is 4.85. The van der Waals surface area contributed by atoms with E-state index < -0.39 is 0 Å². The fourth-order valence-electron chi connectivity index (χ4n) is 2.12. The lowest BCUT2D eigenvalue weighted by Gasteiger charge is -2.26. The van der Waals surface area contributed by atoms with Gasteiger partial charge in [0.25, 0.3) is 0 Å². The number of hydrogen-bond acceptors (Lipinski definition) is 3. The first kappa shape index (κ1) is 12.0. The maximum atomic E-state index is 5.26. The van der Waals surface area contributed by atoms with Crippen LogP contribution in [0, 0.1) is 5.92 Å². The van der Waals surface area contributed by atoms with Crippen molar-refractivity contribution in [2.24, 2.45) is 5.92 Å². The highest BCUT2D eigenvalue weighted by atomic mass is 16.5. The minimum absolute atomic E-state index is 0.654. The third-order valence-corrected chi connectivity index (χ3v) is 2.96. The molecule has 0 spiro atoms. The van der Waals surface area contributed by atoms with E-state index in [0.29, 0.717) is 12.0 Å². The number of methoxy groups -OCH3 is 1. The van der Waals surface area contributed by atoms with Crippen molar-refractivity contribution in [2.75, 3.05) is 46.9 Å². The third-order valence-electron chi connectivity index (χ3n) is 2.96. The average molecular weight is 200 g/mol. The van der Waals surface area contributed by atoms with Crippen LogP contribution in [0.3, 0.4) is 0 Å². The normalized spacial score (nSPS) is 26.8. The predicted molar refractivity (Wildman–Crippen MR) is 59.6 cm³/mol. The van der Waals surface area contributed by atoms with Gasteiger partial charge in [0.05, 0.1) is 6.61 Å². The summed E-state index contributed by atoms with van der Waals surface area (Å²) in [7, 11) is 4.00. The average Bonchev–Trinajstić information content (AvgIpc) is 2.28. The van der Waals surface area contributed by atoms with E-state index in [0.717, 1.165) is 13.2 Å². The van der Waals surface area contributed by atoms with Crippen LogP contribution in [0.2, 0.25) is 0 Å². The first-order valence-electron chi connectivity index (χ1n) is 5.55. The van der Waals surface area contributed by atoms with Crippen molar-refractivity contribution in [1.29, 1.82) is 0 Å². The fourth-order valence-corrected chi connectivity index (χ4v) is 2.12. The molecule has 0 bridgehead atoms. The van der Waals surface area contributed by atoms with Crippen LogP contribution in [-0.2, 0) is 4.74 Å². The molecule has 0 aromatic heterocycles. The summed E-state index contributed by atoms with van der Waals surface area (Å²) in [6, 6.07) is 0.654. The maximum absolute atomic E-state index is 5.26. The highest BCUT2D eigenvalue weighted by Crippen LogP contribution is 2.11. The Hall–Kier alpha value is -0.120. The SMILES string of the molecule is COCC1CN(C)CCN(C(C)C)C1. The largest absolute Gasteiger partial charge is 0.384 e.